The van der Waals surface area contributed by atoms with Crippen LogP contribution in [0.5, 0.6) is 0 Å². The number of aromatic nitrogens is 3. The third kappa shape index (κ3) is 4.72. The fraction of sp³-hybridized carbons (Fsp3) is 0.438. The van der Waals surface area contributed by atoms with Crippen molar-refractivity contribution in [3.8, 4) is 11.3 Å². The van der Waals surface area contributed by atoms with Crippen LogP contribution in [0.15, 0.2) is 18.3 Å². The molecular weight excluding hydrogens is 418 g/mol. The molecule has 1 aliphatic heterocycles. The molecule has 2 aromatic rings. The van der Waals surface area contributed by atoms with Crippen molar-refractivity contribution in [1.29, 1.82) is 0 Å². The van der Waals surface area contributed by atoms with Crippen LogP contribution in [0.4, 0.5) is 29.3 Å². The van der Waals surface area contributed by atoms with E-state index in [1.807, 2.05) is 0 Å². The summed E-state index contributed by atoms with van der Waals surface area (Å²) in [4.78, 5) is 13.3. The first-order chi connectivity index (χ1) is 13.5. The van der Waals surface area contributed by atoms with Crippen molar-refractivity contribution in [2.45, 2.75) is 11.7 Å². The maximum Gasteiger partial charge on any atom is 0.417 e. The van der Waals surface area contributed by atoms with Gasteiger partial charge in [0.25, 0.3) is 0 Å². The lowest BCUT2D eigenvalue weighted by Crippen LogP contribution is -2.37. The summed E-state index contributed by atoms with van der Waals surface area (Å²) in [6.45, 7) is 1.24. The standard InChI is InChI=1S/C16H17F4N5O3S/c1-29(26,27)14(17)12-7-11(23-15(24-12)25-2-4-28-5-3-25)9-8-22-13(21)6-10(9)16(18,19)20/h6-8,14H,2-5H2,1H3,(H2,21,22). The second-order valence-electron chi connectivity index (χ2n) is 6.38. The molecule has 3 rings (SSSR count). The van der Waals surface area contributed by atoms with E-state index in [0.29, 0.717) is 38.6 Å². The molecule has 2 aromatic heterocycles. The molecule has 0 aliphatic carbocycles. The van der Waals surface area contributed by atoms with Gasteiger partial charge in [-0.1, -0.05) is 0 Å². The molecule has 1 fully saturated rings. The van der Waals surface area contributed by atoms with Crippen molar-refractivity contribution in [1.82, 2.24) is 15.0 Å². The van der Waals surface area contributed by atoms with Crippen LogP contribution < -0.4 is 10.6 Å². The Morgan fingerprint density at radius 1 is 1.21 bits per heavy atom. The van der Waals surface area contributed by atoms with E-state index in [2.05, 4.69) is 15.0 Å². The lowest BCUT2D eigenvalue weighted by Gasteiger charge is -2.27. The van der Waals surface area contributed by atoms with Gasteiger partial charge < -0.3 is 15.4 Å². The average Bonchev–Trinajstić information content (AvgIpc) is 2.66. The van der Waals surface area contributed by atoms with Crippen LogP contribution in [0.25, 0.3) is 11.3 Å². The monoisotopic (exact) mass is 435 g/mol. The van der Waals surface area contributed by atoms with Gasteiger partial charge in [0.15, 0.2) is 9.84 Å². The highest BCUT2D eigenvalue weighted by Gasteiger charge is 2.35. The molecular formula is C16H17F4N5O3S. The summed E-state index contributed by atoms with van der Waals surface area (Å²) in [5, 5.41) is 0. The first kappa shape index (κ1) is 21.2. The zero-order valence-electron chi connectivity index (χ0n) is 15.1. The maximum absolute atomic E-state index is 14.5. The normalized spacial score (nSPS) is 16.7. The van der Waals surface area contributed by atoms with Crippen molar-refractivity contribution >= 4 is 21.6 Å². The molecule has 3 heterocycles. The summed E-state index contributed by atoms with van der Waals surface area (Å²) in [7, 11) is -4.21. The molecule has 158 valence electrons. The number of nitrogens with zero attached hydrogens (tertiary/aromatic N) is 4. The summed E-state index contributed by atoms with van der Waals surface area (Å²) >= 11 is 0. The van der Waals surface area contributed by atoms with E-state index in [4.69, 9.17) is 10.5 Å². The minimum Gasteiger partial charge on any atom is -0.384 e. The van der Waals surface area contributed by atoms with Crippen molar-refractivity contribution in [3.63, 3.8) is 0 Å². The number of alkyl halides is 4. The second-order valence-corrected chi connectivity index (χ2v) is 8.45. The van der Waals surface area contributed by atoms with Gasteiger partial charge >= 0.3 is 6.18 Å². The van der Waals surface area contributed by atoms with Gasteiger partial charge in [0.05, 0.1) is 30.2 Å². The van der Waals surface area contributed by atoms with Crippen LogP contribution in [-0.2, 0) is 20.8 Å². The minimum absolute atomic E-state index is 0.1000. The zero-order valence-corrected chi connectivity index (χ0v) is 16.0. The second kappa shape index (κ2) is 7.71. The Hall–Kier alpha value is -2.54. The largest absolute Gasteiger partial charge is 0.417 e. The predicted octanol–water partition coefficient (Wildman–Crippen LogP) is 1.99. The summed E-state index contributed by atoms with van der Waals surface area (Å²) < 4.78 is 83.5. The van der Waals surface area contributed by atoms with Crippen LogP contribution in [0.1, 0.15) is 16.8 Å². The Morgan fingerprint density at radius 3 is 2.45 bits per heavy atom. The van der Waals surface area contributed by atoms with Crippen molar-refractivity contribution in [2.24, 2.45) is 0 Å². The van der Waals surface area contributed by atoms with Gasteiger partial charge in [0.2, 0.25) is 11.5 Å². The van der Waals surface area contributed by atoms with Gasteiger partial charge in [0.1, 0.15) is 5.82 Å². The third-order valence-corrected chi connectivity index (χ3v) is 5.14. The SMILES string of the molecule is CS(=O)(=O)C(F)c1cc(-c2cnc(N)cc2C(F)(F)F)nc(N2CCOCC2)n1. The first-order valence-corrected chi connectivity index (χ1v) is 10.3. The van der Waals surface area contributed by atoms with E-state index >= 15 is 0 Å². The van der Waals surface area contributed by atoms with Crippen LogP contribution in [-0.4, -0.2) is 55.9 Å². The minimum atomic E-state index is -4.79. The Balaban J connectivity index is 2.21. The molecule has 13 heteroatoms. The van der Waals surface area contributed by atoms with Gasteiger partial charge in [-0.25, -0.2) is 27.8 Å². The Kier molecular flexibility index (Phi) is 5.63. The highest BCUT2D eigenvalue weighted by atomic mass is 32.2. The lowest BCUT2D eigenvalue weighted by molar-refractivity contribution is -0.137. The molecule has 0 aromatic carbocycles. The molecule has 29 heavy (non-hydrogen) atoms. The van der Waals surface area contributed by atoms with Crippen LogP contribution >= 0.6 is 0 Å². The quantitative estimate of drug-likeness (QED) is 0.726. The molecule has 0 saturated carbocycles. The number of hydrogen-bond donors (Lipinski definition) is 1. The number of pyridine rings is 1. The molecule has 8 nitrogen and oxygen atoms in total. The van der Waals surface area contributed by atoms with Gasteiger partial charge in [0, 0.05) is 31.1 Å². The molecule has 1 saturated heterocycles. The van der Waals surface area contributed by atoms with Gasteiger partial charge in [-0.05, 0) is 12.1 Å². The van der Waals surface area contributed by atoms with E-state index < -0.39 is 38.3 Å². The molecule has 1 unspecified atom stereocenters. The summed E-state index contributed by atoms with van der Waals surface area (Å²) in [5.41, 5.74) is 0.374. The van der Waals surface area contributed by atoms with Crippen molar-refractivity contribution < 1.29 is 30.7 Å². The maximum atomic E-state index is 14.5. The molecule has 0 amide bonds. The number of ether oxygens (including phenoxy) is 1. The van der Waals surface area contributed by atoms with Crippen LogP contribution in [0.3, 0.4) is 0 Å². The van der Waals surface area contributed by atoms with Crippen molar-refractivity contribution in [2.75, 3.05) is 43.2 Å². The number of nitrogens with two attached hydrogens (primary N) is 1. The number of sulfone groups is 1. The first-order valence-electron chi connectivity index (χ1n) is 8.34. The summed E-state index contributed by atoms with van der Waals surface area (Å²) in [6.07, 6.45) is -3.26. The summed E-state index contributed by atoms with van der Waals surface area (Å²) in [6, 6.07) is 1.51. The highest BCUT2D eigenvalue weighted by Crippen LogP contribution is 2.38. The zero-order chi connectivity index (χ0) is 21.4. The number of nitrogen functional groups attached to an aromatic ring is 1. The number of anilines is 2. The summed E-state index contributed by atoms with van der Waals surface area (Å²) in [5.74, 6) is -0.458. The lowest BCUT2D eigenvalue weighted by atomic mass is 10.1. The molecule has 1 aliphatic rings. The van der Waals surface area contributed by atoms with Crippen molar-refractivity contribution in [3.05, 3.63) is 29.6 Å². The smallest absolute Gasteiger partial charge is 0.384 e. The molecule has 0 radical (unpaired) electrons. The number of rotatable bonds is 4. The van der Waals surface area contributed by atoms with E-state index in [1.54, 1.807) is 4.90 Å². The number of halogens is 4. The van der Waals surface area contributed by atoms with Gasteiger partial charge in [-0.15, -0.1) is 0 Å². The van der Waals surface area contributed by atoms with E-state index in [0.717, 1.165) is 12.3 Å². The van der Waals surface area contributed by atoms with E-state index in [1.165, 1.54) is 0 Å². The van der Waals surface area contributed by atoms with E-state index in [9.17, 15) is 26.0 Å². The molecule has 2 N–H and O–H groups in total. The molecule has 0 bridgehead atoms. The number of morpholine rings is 1. The van der Waals surface area contributed by atoms with Gasteiger partial charge in [-0.3, -0.25) is 0 Å². The fourth-order valence-electron chi connectivity index (χ4n) is 2.74. The Labute approximate surface area is 163 Å². The van der Waals surface area contributed by atoms with E-state index in [-0.39, 0.29) is 17.5 Å². The third-order valence-electron chi connectivity index (χ3n) is 4.14. The Morgan fingerprint density at radius 2 is 1.86 bits per heavy atom. The topological polar surface area (TPSA) is 111 Å². The Bertz CT molecular complexity index is 1010. The molecule has 0 spiro atoms. The molecule has 1 atom stereocenters. The van der Waals surface area contributed by atoms with Crippen LogP contribution in [0, 0.1) is 0 Å². The van der Waals surface area contributed by atoms with Crippen LogP contribution in [0.2, 0.25) is 0 Å². The predicted molar refractivity (Wildman–Crippen MR) is 96.4 cm³/mol. The van der Waals surface area contributed by atoms with Gasteiger partial charge in [-0.2, -0.15) is 13.2 Å². The average molecular weight is 435 g/mol. The number of hydrogen-bond acceptors (Lipinski definition) is 8. The fourth-order valence-corrected chi connectivity index (χ4v) is 3.30. The highest BCUT2D eigenvalue weighted by molar-refractivity contribution is 7.90.